The second kappa shape index (κ2) is 7.35. The van der Waals surface area contributed by atoms with Gasteiger partial charge in [0.05, 0.1) is 20.5 Å². The number of amides is 2. The van der Waals surface area contributed by atoms with Crippen LogP contribution in [0.3, 0.4) is 0 Å². The van der Waals surface area contributed by atoms with E-state index in [1.165, 1.54) is 23.9 Å². The highest BCUT2D eigenvalue weighted by molar-refractivity contribution is 8.01. The zero-order chi connectivity index (χ0) is 19.8. The number of nitrogens with one attached hydrogen (secondary N) is 1. The van der Waals surface area contributed by atoms with Crippen molar-refractivity contribution in [3.05, 3.63) is 33.3 Å². The van der Waals surface area contributed by atoms with Gasteiger partial charge < -0.3 is 15.0 Å². The number of ether oxygens (including phenoxy) is 1. The number of hydrogen-bond donors (Lipinski definition) is 1. The lowest BCUT2D eigenvalue weighted by atomic mass is 10.2. The van der Waals surface area contributed by atoms with Crippen LogP contribution < -0.4 is 5.32 Å². The predicted molar refractivity (Wildman–Crippen MR) is 98.4 cm³/mol. The summed E-state index contributed by atoms with van der Waals surface area (Å²) >= 11 is 7.43. The topological polar surface area (TPSA) is 119 Å². The zero-order valence-corrected chi connectivity index (χ0v) is 15.8. The van der Waals surface area contributed by atoms with Crippen molar-refractivity contribution < 1.29 is 24.0 Å². The van der Waals surface area contributed by atoms with Crippen molar-refractivity contribution in [3.63, 3.8) is 0 Å². The quantitative estimate of drug-likeness (QED) is 0.446. The molecular weight excluding hydrogens is 398 g/mol. The molecule has 0 aliphatic carbocycles. The molecule has 2 atom stereocenters. The van der Waals surface area contributed by atoms with Crippen LogP contribution in [-0.2, 0) is 19.1 Å². The number of rotatable bonds is 5. The molecule has 0 saturated carbocycles. The minimum atomic E-state index is -0.703. The van der Waals surface area contributed by atoms with Crippen LogP contribution >= 0.6 is 23.4 Å². The molecule has 2 amide bonds. The monoisotopic (exact) mass is 413 g/mol. The van der Waals surface area contributed by atoms with Gasteiger partial charge in [-0.3, -0.25) is 19.7 Å². The third-order valence-corrected chi connectivity index (χ3v) is 6.32. The summed E-state index contributed by atoms with van der Waals surface area (Å²) in [6.07, 6.45) is 1.08. The number of fused-ring (bicyclic) bond motifs is 1. The van der Waals surface area contributed by atoms with Gasteiger partial charge in [-0.05, 0) is 19.4 Å². The molecule has 2 saturated heterocycles. The molecule has 3 rings (SSSR count). The normalized spacial score (nSPS) is 23.9. The molecule has 2 heterocycles. The summed E-state index contributed by atoms with van der Waals surface area (Å²) in [5.74, 6) is -0.935. The first-order chi connectivity index (χ1) is 12.7. The lowest BCUT2D eigenvalue weighted by Gasteiger charge is -2.29. The fraction of sp³-hybridized carbons (Fsp3) is 0.438. The number of carbonyl (C=O) groups is 3. The number of esters is 1. The van der Waals surface area contributed by atoms with Crippen molar-refractivity contribution >= 4 is 52.5 Å². The summed E-state index contributed by atoms with van der Waals surface area (Å²) in [6.45, 7) is 1.37. The van der Waals surface area contributed by atoms with Crippen LogP contribution in [0.15, 0.2) is 18.2 Å². The van der Waals surface area contributed by atoms with E-state index in [1.54, 1.807) is 4.90 Å². The van der Waals surface area contributed by atoms with E-state index in [9.17, 15) is 24.5 Å². The van der Waals surface area contributed by atoms with E-state index in [0.29, 0.717) is 18.6 Å². The fourth-order valence-electron chi connectivity index (χ4n) is 3.13. The van der Waals surface area contributed by atoms with Crippen LogP contribution in [0.4, 0.5) is 11.4 Å². The molecule has 2 aliphatic heterocycles. The van der Waals surface area contributed by atoms with Gasteiger partial charge in [0.15, 0.2) is 6.61 Å². The van der Waals surface area contributed by atoms with Crippen LogP contribution in [-0.4, -0.2) is 50.9 Å². The average molecular weight is 414 g/mol. The highest BCUT2D eigenvalue weighted by Gasteiger charge is 2.53. The maximum atomic E-state index is 12.3. The second-order valence-electron chi connectivity index (χ2n) is 6.34. The molecule has 1 N–H and O–H groups in total. The molecule has 1 aromatic rings. The summed E-state index contributed by atoms with van der Waals surface area (Å²) in [5.41, 5.74) is -0.0384. The van der Waals surface area contributed by atoms with Gasteiger partial charge in [-0.25, -0.2) is 4.79 Å². The first-order valence-corrected chi connectivity index (χ1v) is 9.44. The Kier molecular flexibility index (Phi) is 5.29. The van der Waals surface area contributed by atoms with Crippen molar-refractivity contribution in [3.8, 4) is 0 Å². The van der Waals surface area contributed by atoms with Gasteiger partial charge in [0.25, 0.3) is 11.6 Å². The van der Waals surface area contributed by atoms with Gasteiger partial charge in [-0.1, -0.05) is 11.6 Å². The van der Waals surface area contributed by atoms with E-state index >= 15 is 0 Å². The number of carbonyl (C=O) groups excluding carboxylic acids is 3. The van der Waals surface area contributed by atoms with Gasteiger partial charge in [0, 0.05) is 24.3 Å². The number of thioether (sulfide) groups is 1. The van der Waals surface area contributed by atoms with E-state index < -0.39 is 34.3 Å². The van der Waals surface area contributed by atoms with E-state index in [1.807, 2.05) is 6.92 Å². The first-order valence-electron chi connectivity index (χ1n) is 8.08. The number of nitro benzene ring substituents is 1. The SMILES string of the molecule is C[C@@]12CCC(=O)N1[C@@H](C(=O)OCC(=O)Nc1ccc([N+](=O)[O-])cc1Cl)CS2. The Morgan fingerprint density at radius 2 is 2.26 bits per heavy atom. The van der Waals surface area contributed by atoms with Crippen LogP contribution in [0.2, 0.25) is 5.02 Å². The Hall–Kier alpha value is -2.33. The standard InChI is InChI=1S/C16H16ClN3O6S/c1-16-5-4-14(22)19(16)12(8-27-16)15(23)26-7-13(21)18-11-3-2-9(20(24)25)6-10(11)17/h2-3,6,12H,4-5,7-8H2,1H3,(H,18,21)/t12-,16-/m1/s1. The Bertz CT molecular complexity index is 834. The van der Waals surface area contributed by atoms with Gasteiger partial charge in [-0.2, -0.15) is 0 Å². The zero-order valence-electron chi connectivity index (χ0n) is 14.3. The molecule has 27 heavy (non-hydrogen) atoms. The molecule has 1 aromatic carbocycles. The van der Waals surface area contributed by atoms with E-state index in [2.05, 4.69) is 5.32 Å². The largest absolute Gasteiger partial charge is 0.454 e. The Labute approximate surface area is 163 Å². The molecule has 2 fully saturated rings. The van der Waals surface area contributed by atoms with Crippen molar-refractivity contribution in [1.82, 2.24) is 4.90 Å². The molecule has 2 aliphatic rings. The summed E-state index contributed by atoms with van der Waals surface area (Å²) < 4.78 is 5.05. The molecule has 144 valence electrons. The Morgan fingerprint density at radius 3 is 2.93 bits per heavy atom. The van der Waals surface area contributed by atoms with Crippen LogP contribution in [0.5, 0.6) is 0 Å². The molecule has 0 unspecified atom stereocenters. The molecule has 0 bridgehead atoms. The number of nitro groups is 1. The smallest absolute Gasteiger partial charge is 0.330 e. The van der Waals surface area contributed by atoms with E-state index in [-0.39, 0.29) is 22.3 Å². The number of halogens is 1. The molecule has 9 nitrogen and oxygen atoms in total. The number of hydrogen-bond acceptors (Lipinski definition) is 7. The highest BCUT2D eigenvalue weighted by atomic mass is 35.5. The van der Waals surface area contributed by atoms with E-state index in [4.69, 9.17) is 16.3 Å². The van der Waals surface area contributed by atoms with Gasteiger partial charge in [-0.15, -0.1) is 11.8 Å². The highest BCUT2D eigenvalue weighted by Crippen LogP contribution is 2.47. The summed E-state index contributed by atoms with van der Waals surface area (Å²) in [7, 11) is 0. The van der Waals surface area contributed by atoms with Gasteiger partial charge in [0.1, 0.15) is 6.04 Å². The van der Waals surface area contributed by atoms with Crippen molar-refractivity contribution in [2.45, 2.75) is 30.7 Å². The third-order valence-electron chi connectivity index (χ3n) is 4.50. The molecule has 0 radical (unpaired) electrons. The summed E-state index contributed by atoms with van der Waals surface area (Å²) in [5, 5.41) is 13.1. The minimum Gasteiger partial charge on any atom is -0.454 e. The maximum absolute atomic E-state index is 12.3. The van der Waals surface area contributed by atoms with Gasteiger partial charge >= 0.3 is 5.97 Å². The second-order valence-corrected chi connectivity index (χ2v) is 8.25. The number of non-ortho nitro benzene ring substituents is 1. The van der Waals surface area contributed by atoms with Crippen molar-refractivity contribution in [1.29, 1.82) is 0 Å². The third kappa shape index (κ3) is 3.86. The van der Waals surface area contributed by atoms with Crippen molar-refractivity contribution in [2.24, 2.45) is 0 Å². The Morgan fingerprint density at radius 1 is 1.52 bits per heavy atom. The van der Waals surface area contributed by atoms with Crippen LogP contribution in [0.25, 0.3) is 0 Å². The number of nitrogens with zero attached hydrogens (tertiary/aromatic N) is 2. The summed E-state index contributed by atoms with van der Waals surface area (Å²) in [6, 6.07) is 2.90. The average Bonchev–Trinajstić information content (AvgIpc) is 3.10. The number of benzene rings is 1. The molecule has 0 spiro atoms. The fourth-order valence-corrected chi connectivity index (χ4v) is 4.77. The van der Waals surface area contributed by atoms with E-state index in [0.717, 1.165) is 6.07 Å². The van der Waals surface area contributed by atoms with Gasteiger partial charge in [0.2, 0.25) is 5.91 Å². The summed E-state index contributed by atoms with van der Waals surface area (Å²) in [4.78, 5) is 47.6. The lowest BCUT2D eigenvalue weighted by Crippen LogP contribution is -2.47. The Balaban J connectivity index is 1.56. The number of anilines is 1. The first kappa shape index (κ1) is 19.4. The molecule has 0 aromatic heterocycles. The lowest BCUT2D eigenvalue weighted by molar-refractivity contribution is -0.384. The maximum Gasteiger partial charge on any atom is 0.330 e. The predicted octanol–water partition coefficient (Wildman–Crippen LogP) is 2.18. The van der Waals surface area contributed by atoms with Crippen LogP contribution in [0.1, 0.15) is 19.8 Å². The van der Waals surface area contributed by atoms with Crippen LogP contribution in [0, 0.1) is 10.1 Å². The molecular formula is C16H16ClN3O6S. The van der Waals surface area contributed by atoms with Crippen molar-refractivity contribution in [2.75, 3.05) is 17.7 Å². The molecule has 11 heteroatoms. The minimum absolute atomic E-state index is 0.00509.